The van der Waals surface area contributed by atoms with Gasteiger partial charge in [0.1, 0.15) is 5.56 Å². The number of benzene rings is 1. The maximum absolute atomic E-state index is 12.2. The Kier molecular flexibility index (Phi) is 3.93. The fourth-order valence-electron chi connectivity index (χ4n) is 1.77. The third kappa shape index (κ3) is 2.68. The van der Waals surface area contributed by atoms with Gasteiger partial charge < -0.3 is 9.64 Å². The summed E-state index contributed by atoms with van der Waals surface area (Å²) in [6, 6.07) is 4.44. The Hall–Kier alpha value is -1.47. The Balaban J connectivity index is 2.31. The zero-order valence-electron chi connectivity index (χ0n) is 9.47. The lowest BCUT2D eigenvalue weighted by Crippen LogP contribution is -2.40. The number of nitro groups is 1. The van der Waals surface area contributed by atoms with E-state index in [4.69, 9.17) is 4.74 Å². The summed E-state index contributed by atoms with van der Waals surface area (Å²) in [5.74, 6) is -0.322. The molecular formula is C11H11BrN2O4. The lowest BCUT2D eigenvalue weighted by Gasteiger charge is -2.26. The Morgan fingerprint density at radius 3 is 2.67 bits per heavy atom. The molecule has 6 nitrogen and oxygen atoms in total. The topological polar surface area (TPSA) is 72.7 Å². The number of rotatable bonds is 2. The lowest BCUT2D eigenvalue weighted by molar-refractivity contribution is -0.385. The van der Waals surface area contributed by atoms with Crippen LogP contribution in [-0.2, 0) is 4.74 Å². The first-order valence-corrected chi connectivity index (χ1v) is 6.20. The molecule has 0 aromatic heterocycles. The quantitative estimate of drug-likeness (QED) is 0.616. The van der Waals surface area contributed by atoms with Crippen molar-refractivity contribution in [3.8, 4) is 0 Å². The number of hydrogen-bond donors (Lipinski definition) is 0. The summed E-state index contributed by atoms with van der Waals surface area (Å²) >= 11 is 3.16. The third-order valence-corrected chi connectivity index (χ3v) is 3.18. The molecule has 1 aliphatic heterocycles. The van der Waals surface area contributed by atoms with Crippen LogP contribution in [0.4, 0.5) is 5.69 Å². The highest BCUT2D eigenvalue weighted by molar-refractivity contribution is 9.10. The van der Waals surface area contributed by atoms with Gasteiger partial charge in [0.15, 0.2) is 0 Å². The van der Waals surface area contributed by atoms with Gasteiger partial charge in [-0.2, -0.15) is 0 Å². The molecule has 96 valence electrons. The molecule has 1 amide bonds. The van der Waals surface area contributed by atoms with Crippen molar-refractivity contribution < 1.29 is 14.5 Å². The van der Waals surface area contributed by atoms with Crippen LogP contribution in [0.2, 0.25) is 0 Å². The van der Waals surface area contributed by atoms with Crippen molar-refractivity contribution in [1.29, 1.82) is 0 Å². The minimum absolute atomic E-state index is 0.116. The predicted octanol–water partition coefficient (Wildman–Crippen LogP) is 1.83. The molecule has 7 heteroatoms. The van der Waals surface area contributed by atoms with E-state index in [-0.39, 0.29) is 17.2 Å². The zero-order valence-corrected chi connectivity index (χ0v) is 11.1. The minimum atomic E-state index is -0.543. The molecular weight excluding hydrogens is 304 g/mol. The van der Waals surface area contributed by atoms with E-state index in [1.165, 1.54) is 12.1 Å². The number of nitrogens with zero attached hydrogens (tertiary/aromatic N) is 2. The molecule has 1 fully saturated rings. The maximum Gasteiger partial charge on any atom is 0.283 e. The molecule has 0 aliphatic carbocycles. The van der Waals surface area contributed by atoms with Crippen LogP contribution in [0.15, 0.2) is 22.7 Å². The lowest BCUT2D eigenvalue weighted by atomic mass is 10.1. The fraction of sp³-hybridized carbons (Fsp3) is 0.364. The number of amides is 1. The van der Waals surface area contributed by atoms with E-state index in [2.05, 4.69) is 15.9 Å². The van der Waals surface area contributed by atoms with Crippen LogP contribution in [0.1, 0.15) is 10.4 Å². The Morgan fingerprint density at radius 2 is 2.06 bits per heavy atom. The second kappa shape index (κ2) is 5.45. The summed E-state index contributed by atoms with van der Waals surface area (Å²) in [4.78, 5) is 24.2. The summed E-state index contributed by atoms with van der Waals surface area (Å²) in [5.41, 5.74) is -0.0639. The number of morpholine rings is 1. The molecule has 0 saturated carbocycles. The molecule has 1 saturated heterocycles. The van der Waals surface area contributed by atoms with Crippen LogP contribution in [0.3, 0.4) is 0 Å². The molecule has 0 unspecified atom stereocenters. The smallest absolute Gasteiger partial charge is 0.283 e. The van der Waals surface area contributed by atoms with Crippen LogP contribution in [0, 0.1) is 10.1 Å². The normalized spacial score (nSPS) is 15.5. The standard InChI is InChI=1S/C11H11BrN2O4/c12-8-1-2-9(10(7-8)14(16)17)11(15)13-3-5-18-6-4-13/h1-2,7H,3-6H2. The van der Waals surface area contributed by atoms with Gasteiger partial charge >= 0.3 is 0 Å². The monoisotopic (exact) mass is 314 g/mol. The van der Waals surface area contributed by atoms with E-state index < -0.39 is 4.92 Å². The van der Waals surface area contributed by atoms with Gasteiger partial charge in [0, 0.05) is 23.6 Å². The van der Waals surface area contributed by atoms with Crippen LogP contribution >= 0.6 is 15.9 Å². The summed E-state index contributed by atoms with van der Waals surface area (Å²) in [7, 11) is 0. The predicted molar refractivity (Wildman–Crippen MR) is 67.5 cm³/mol. The first-order valence-electron chi connectivity index (χ1n) is 5.40. The molecule has 0 spiro atoms. The van der Waals surface area contributed by atoms with E-state index >= 15 is 0 Å². The molecule has 1 aromatic rings. The van der Waals surface area contributed by atoms with Gasteiger partial charge in [-0.05, 0) is 12.1 Å². The first-order chi connectivity index (χ1) is 8.59. The van der Waals surface area contributed by atoms with Crippen molar-refractivity contribution in [2.45, 2.75) is 0 Å². The maximum atomic E-state index is 12.2. The zero-order chi connectivity index (χ0) is 13.1. The Morgan fingerprint density at radius 1 is 1.39 bits per heavy atom. The molecule has 1 aliphatic rings. The van der Waals surface area contributed by atoms with E-state index in [1.807, 2.05) is 0 Å². The van der Waals surface area contributed by atoms with Crippen molar-refractivity contribution in [3.05, 3.63) is 38.3 Å². The number of nitro benzene ring substituents is 1. The van der Waals surface area contributed by atoms with E-state index in [9.17, 15) is 14.9 Å². The Labute approximate surface area is 112 Å². The van der Waals surface area contributed by atoms with Gasteiger partial charge in [0.25, 0.3) is 11.6 Å². The van der Waals surface area contributed by atoms with Gasteiger partial charge in [0.2, 0.25) is 0 Å². The van der Waals surface area contributed by atoms with Crippen LogP contribution in [0.25, 0.3) is 0 Å². The molecule has 0 bridgehead atoms. The van der Waals surface area contributed by atoms with E-state index in [0.717, 1.165) is 0 Å². The molecule has 1 aromatic carbocycles. The minimum Gasteiger partial charge on any atom is -0.378 e. The number of halogens is 1. The van der Waals surface area contributed by atoms with E-state index in [0.29, 0.717) is 30.8 Å². The van der Waals surface area contributed by atoms with Gasteiger partial charge in [-0.1, -0.05) is 15.9 Å². The third-order valence-electron chi connectivity index (χ3n) is 2.69. The van der Waals surface area contributed by atoms with Crippen molar-refractivity contribution in [3.63, 3.8) is 0 Å². The molecule has 0 radical (unpaired) electrons. The van der Waals surface area contributed by atoms with Gasteiger partial charge in [-0.3, -0.25) is 14.9 Å². The first kappa shape index (κ1) is 13.0. The summed E-state index contributed by atoms with van der Waals surface area (Å²) in [6.45, 7) is 1.87. The van der Waals surface area contributed by atoms with Crippen molar-refractivity contribution in [1.82, 2.24) is 4.90 Å². The highest BCUT2D eigenvalue weighted by Crippen LogP contribution is 2.25. The number of carbonyl (C=O) groups excluding carboxylic acids is 1. The van der Waals surface area contributed by atoms with Crippen LogP contribution in [-0.4, -0.2) is 42.0 Å². The highest BCUT2D eigenvalue weighted by atomic mass is 79.9. The Bertz CT molecular complexity index is 486. The molecule has 1 heterocycles. The van der Waals surface area contributed by atoms with Crippen molar-refractivity contribution in [2.24, 2.45) is 0 Å². The van der Waals surface area contributed by atoms with Gasteiger partial charge in [0.05, 0.1) is 18.1 Å². The van der Waals surface area contributed by atoms with E-state index in [1.54, 1.807) is 11.0 Å². The van der Waals surface area contributed by atoms with Gasteiger partial charge in [-0.15, -0.1) is 0 Å². The molecule has 2 rings (SSSR count). The largest absolute Gasteiger partial charge is 0.378 e. The average Bonchev–Trinajstić information content (AvgIpc) is 2.39. The number of carbonyl (C=O) groups is 1. The van der Waals surface area contributed by atoms with Gasteiger partial charge in [-0.25, -0.2) is 0 Å². The second-order valence-corrected chi connectivity index (χ2v) is 4.74. The molecule has 0 N–H and O–H groups in total. The summed E-state index contributed by atoms with van der Waals surface area (Å²) in [6.07, 6.45) is 0. The fourth-order valence-corrected chi connectivity index (χ4v) is 2.12. The SMILES string of the molecule is O=C(c1ccc(Br)cc1[N+](=O)[O-])N1CCOCC1. The number of hydrogen-bond acceptors (Lipinski definition) is 4. The summed E-state index contributed by atoms with van der Waals surface area (Å²) in [5, 5.41) is 11.0. The number of ether oxygens (including phenoxy) is 1. The molecule has 0 atom stereocenters. The second-order valence-electron chi connectivity index (χ2n) is 3.82. The van der Waals surface area contributed by atoms with Crippen molar-refractivity contribution in [2.75, 3.05) is 26.3 Å². The van der Waals surface area contributed by atoms with Crippen molar-refractivity contribution >= 4 is 27.5 Å². The highest BCUT2D eigenvalue weighted by Gasteiger charge is 2.25. The van der Waals surface area contributed by atoms with Crippen LogP contribution in [0.5, 0.6) is 0 Å². The average molecular weight is 315 g/mol. The van der Waals surface area contributed by atoms with Crippen LogP contribution < -0.4 is 0 Å². The summed E-state index contributed by atoms with van der Waals surface area (Å²) < 4.78 is 5.72. The molecule has 18 heavy (non-hydrogen) atoms.